The molecule has 0 spiro atoms. The van der Waals surface area contributed by atoms with Crippen molar-refractivity contribution in [1.29, 1.82) is 0 Å². The molecule has 0 aliphatic rings. The van der Waals surface area contributed by atoms with E-state index in [2.05, 4.69) is 15.2 Å². The minimum Gasteiger partial charge on any atom is -0.476 e. The monoisotopic (exact) mass is 173 g/mol. The van der Waals surface area contributed by atoms with Crippen LogP contribution in [0.3, 0.4) is 0 Å². The normalized spacial score (nSPS) is 9.64. The van der Waals surface area contributed by atoms with Crippen LogP contribution in [0.4, 0.5) is 0 Å². The van der Waals surface area contributed by atoms with Crippen LogP contribution in [0.2, 0.25) is 5.28 Å². The highest BCUT2D eigenvalue weighted by molar-refractivity contribution is 6.28. The first kappa shape index (κ1) is 8.20. The van der Waals surface area contributed by atoms with Gasteiger partial charge in [0, 0.05) is 0 Å². The fourth-order valence-electron chi connectivity index (χ4n) is 0.544. The summed E-state index contributed by atoms with van der Waals surface area (Å²) < 4.78 is 5.14. The Morgan fingerprint density at radius 2 is 2.45 bits per heavy atom. The Bertz CT molecular complexity index is 231. The Morgan fingerprint density at radius 1 is 1.64 bits per heavy atom. The maximum atomic E-state index is 5.46. The summed E-state index contributed by atoms with van der Waals surface area (Å²) in [4.78, 5) is 3.78. The highest BCUT2D eigenvalue weighted by Gasteiger charge is 1.96. The lowest BCUT2D eigenvalue weighted by atomic mass is 10.5. The van der Waals surface area contributed by atoms with Crippen LogP contribution in [0.1, 0.15) is 13.3 Å². The summed E-state index contributed by atoms with van der Waals surface area (Å²) in [5.41, 5.74) is 0. The van der Waals surface area contributed by atoms with Gasteiger partial charge in [0.1, 0.15) is 6.20 Å². The molecule has 0 atom stereocenters. The summed E-state index contributed by atoms with van der Waals surface area (Å²) in [5.74, 6) is 0.423. The number of ether oxygens (including phenoxy) is 1. The van der Waals surface area contributed by atoms with Gasteiger partial charge in [0.05, 0.1) is 6.61 Å². The van der Waals surface area contributed by atoms with E-state index in [1.165, 1.54) is 6.20 Å². The van der Waals surface area contributed by atoms with Crippen molar-refractivity contribution in [2.24, 2.45) is 0 Å². The van der Waals surface area contributed by atoms with E-state index in [1.807, 2.05) is 6.92 Å². The molecule has 0 saturated carbocycles. The predicted octanol–water partition coefficient (Wildman–Crippen LogP) is 1.31. The Balaban J connectivity index is 2.56. The molecule has 0 fully saturated rings. The van der Waals surface area contributed by atoms with Crippen LogP contribution in [-0.2, 0) is 0 Å². The zero-order valence-electron chi connectivity index (χ0n) is 6.12. The van der Waals surface area contributed by atoms with E-state index in [4.69, 9.17) is 16.3 Å². The van der Waals surface area contributed by atoms with Crippen LogP contribution in [0.5, 0.6) is 5.88 Å². The molecule has 1 aromatic heterocycles. The zero-order valence-corrected chi connectivity index (χ0v) is 6.88. The Morgan fingerprint density at radius 3 is 3.09 bits per heavy atom. The molecule has 0 bridgehead atoms. The first-order valence-corrected chi connectivity index (χ1v) is 3.68. The molecule has 1 aromatic rings. The average Bonchev–Trinajstić information content (AvgIpc) is 2.01. The Labute approximate surface area is 69.6 Å². The molecule has 0 unspecified atom stereocenters. The number of halogens is 1. The topological polar surface area (TPSA) is 47.9 Å². The van der Waals surface area contributed by atoms with Gasteiger partial charge in [-0.15, -0.1) is 5.10 Å². The highest BCUT2D eigenvalue weighted by atomic mass is 35.5. The van der Waals surface area contributed by atoms with Gasteiger partial charge < -0.3 is 4.74 Å². The van der Waals surface area contributed by atoms with Crippen molar-refractivity contribution in [2.75, 3.05) is 6.61 Å². The highest BCUT2D eigenvalue weighted by Crippen LogP contribution is 2.05. The van der Waals surface area contributed by atoms with E-state index in [0.29, 0.717) is 12.5 Å². The van der Waals surface area contributed by atoms with Gasteiger partial charge in [0.25, 0.3) is 0 Å². The van der Waals surface area contributed by atoms with Gasteiger partial charge in [-0.05, 0) is 18.0 Å². The molecule has 4 nitrogen and oxygen atoms in total. The van der Waals surface area contributed by atoms with Crippen molar-refractivity contribution in [2.45, 2.75) is 13.3 Å². The summed E-state index contributed by atoms with van der Waals surface area (Å²) in [5, 5.41) is 7.15. The molecule has 5 heteroatoms. The second-order valence-electron chi connectivity index (χ2n) is 1.91. The van der Waals surface area contributed by atoms with Crippen LogP contribution in [0.25, 0.3) is 0 Å². The van der Waals surface area contributed by atoms with E-state index >= 15 is 0 Å². The Kier molecular flexibility index (Phi) is 3.04. The van der Waals surface area contributed by atoms with Crippen molar-refractivity contribution in [3.63, 3.8) is 0 Å². The van der Waals surface area contributed by atoms with Crippen LogP contribution < -0.4 is 4.74 Å². The molecule has 1 rings (SSSR count). The lowest BCUT2D eigenvalue weighted by molar-refractivity contribution is 0.302. The van der Waals surface area contributed by atoms with Crippen molar-refractivity contribution < 1.29 is 4.74 Å². The third-order valence-electron chi connectivity index (χ3n) is 0.965. The number of rotatable bonds is 3. The van der Waals surface area contributed by atoms with Crippen molar-refractivity contribution in [3.05, 3.63) is 11.5 Å². The molecule has 0 radical (unpaired) electrons. The quantitative estimate of drug-likeness (QED) is 0.692. The second kappa shape index (κ2) is 4.08. The predicted molar refractivity (Wildman–Crippen MR) is 40.6 cm³/mol. The fraction of sp³-hybridized carbons (Fsp3) is 0.500. The summed E-state index contributed by atoms with van der Waals surface area (Å²) in [7, 11) is 0. The Hall–Kier alpha value is -0.900. The summed E-state index contributed by atoms with van der Waals surface area (Å²) in [6.45, 7) is 2.63. The van der Waals surface area contributed by atoms with E-state index < -0.39 is 0 Å². The molecular weight excluding hydrogens is 166 g/mol. The van der Waals surface area contributed by atoms with Crippen LogP contribution >= 0.6 is 11.6 Å². The molecule has 0 aliphatic heterocycles. The first-order valence-electron chi connectivity index (χ1n) is 3.31. The van der Waals surface area contributed by atoms with Crippen LogP contribution in [-0.4, -0.2) is 21.8 Å². The standard InChI is InChI=1S/C6H8ClN3O/c1-2-3-11-5-4-8-10-6(7)9-5/h4H,2-3H2,1H3. The molecule has 1 heterocycles. The maximum absolute atomic E-state index is 5.46. The average molecular weight is 174 g/mol. The van der Waals surface area contributed by atoms with Crippen LogP contribution in [0.15, 0.2) is 6.20 Å². The van der Waals surface area contributed by atoms with Gasteiger partial charge in [0.2, 0.25) is 11.2 Å². The van der Waals surface area contributed by atoms with E-state index in [0.717, 1.165) is 6.42 Å². The van der Waals surface area contributed by atoms with Crippen molar-refractivity contribution in [3.8, 4) is 5.88 Å². The van der Waals surface area contributed by atoms with Gasteiger partial charge in [-0.3, -0.25) is 0 Å². The third kappa shape index (κ3) is 2.67. The summed E-state index contributed by atoms with van der Waals surface area (Å²) in [6, 6.07) is 0. The van der Waals surface area contributed by atoms with Gasteiger partial charge >= 0.3 is 0 Å². The molecule has 0 amide bonds. The van der Waals surface area contributed by atoms with Gasteiger partial charge in [-0.1, -0.05) is 6.92 Å². The summed E-state index contributed by atoms with van der Waals surface area (Å²) >= 11 is 5.46. The smallest absolute Gasteiger partial charge is 0.246 e. The summed E-state index contributed by atoms with van der Waals surface area (Å²) in [6.07, 6.45) is 2.36. The third-order valence-corrected chi connectivity index (χ3v) is 1.13. The van der Waals surface area contributed by atoms with Crippen molar-refractivity contribution >= 4 is 11.6 Å². The minimum absolute atomic E-state index is 0.110. The minimum atomic E-state index is 0.110. The first-order chi connectivity index (χ1) is 5.33. The largest absolute Gasteiger partial charge is 0.476 e. The van der Waals surface area contributed by atoms with E-state index in [9.17, 15) is 0 Å². The van der Waals surface area contributed by atoms with Crippen LogP contribution in [0, 0.1) is 0 Å². The molecule has 0 aliphatic carbocycles. The van der Waals surface area contributed by atoms with E-state index in [-0.39, 0.29) is 5.28 Å². The SMILES string of the molecule is CCCOc1cnnc(Cl)n1. The molecule has 0 aromatic carbocycles. The zero-order chi connectivity index (χ0) is 8.10. The van der Waals surface area contributed by atoms with Gasteiger partial charge in [0.15, 0.2) is 0 Å². The second-order valence-corrected chi connectivity index (χ2v) is 2.25. The van der Waals surface area contributed by atoms with Gasteiger partial charge in [-0.25, -0.2) is 0 Å². The lowest BCUT2D eigenvalue weighted by Crippen LogP contribution is -1.98. The molecule has 60 valence electrons. The lowest BCUT2D eigenvalue weighted by Gasteiger charge is -2.00. The molecular formula is C6H8ClN3O. The molecule has 0 saturated heterocycles. The molecule has 0 N–H and O–H groups in total. The number of hydrogen-bond donors (Lipinski definition) is 0. The number of nitrogens with zero attached hydrogens (tertiary/aromatic N) is 3. The van der Waals surface area contributed by atoms with E-state index in [1.54, 1.807) is 0 Å². The van der Waals surface area contributed by atoms with Gasteiger partial charge in [-0.2, -0.15) is 10.1 Å². The molecule has 11 heavy (non-hydrogen) atoms. The number of hydrogen-bond acceptors (Lipinski definition) is 4. The maximum Gasteiger partial charge on any atom is 0.246 e. The number of aromatic nitrogens is 3. The fourth-order valence-corrected chi connectivity index (χ4v) is 0.671. The van der Waals surface area contributed by atoms with Crippen molar-refractivity contribution in [1.82, 2.24) is 15.2 Å².